The summed E-state index contributed by atoms with van der Waals surface area (Å²) in [5.41, 5.74) is 6.68. The lowest BCUT2D eigenvalue weighted by molar-refractivity contribution is 0.0956. The van der Waals surface area contributed by atoms with Gasteiger partial charge in [-0.25, -0.2) is 0 Å². The zero-order valence-electron chi connectivity index (χ0n) is 11.8. The number of nitrogens with one attached hydrogen (secondary N) is 1. The van der Waals surface area contributed by atoms with Crippen molar-refractivity contribution in [1.29, 1.82) is 0 Å². The van der Waals surface area contributed by atoms with Gasteiger partial charge in [-0.3, -0.25) is 4.79 Å². The molecule has 1 aromatic rings. The van der Waals surface area contributed by atoms with Gasteiger partial charge in [-0.05, 0) is 25.5 Å². The Balaban J connectivity index is 2.98. The zero-order chi connectivity index (χ0) is 14.3. The van der Waals surface area contributed by atoms with Crippen molar-refractivity contribution in [3.63, 3.8) is 0 Å². The maximum absolute atomic E-state index is 11.8. The van der Waals surface area contributed by atoms with E-state index in [1.54, 1.807) is 12.1 Å². The summed E-state index contributed by atoms with van der Waals surface area (Å²) in [5, 5.41) is 2.71. The van der Waals surface area contributed by atoms with Crippen molar-refractivity contribution in [2.24, 2.45) is 0 Å². The number of nitrogen functional groups attached to an aromatic ring is 1. The number of unbranched alkanes of at least 4 members (excludes halogenated alkanes) is 1. The highest BCUT2D eigenvalue weighted by molar-refractivity contribution is 6.00. The Morgan fingerprint density at radius 3 is 2.68 bits per heavy atom. The number of amides is 1. The van der Waals surface area contributed by atoms with Crippen molar-refractivity contribution in [2.75, 3.05) is 26.0 Å². The quantitative estimate of drug-likeness (QED) is 0.586. The van der Waals surface area contributed by atoms with Crippen molar-refractivity contribution in [1.82, 2.24) is 5.32 Å². The molecule has 0 aliphatic heterocycles. The van der Waals surface area contributed by atoms with E-state index in [0.29, 0.717) is 35.9 Å². The Labute approximate surface area is 114 Å². The number of hydrogen-bond acceptors (Lipinski definition) is 4. The summed E-state index contributed by atoms with van der Waals surface area (Å²) in [6.45, 7) is 5.10. The SMILES string of the molecule is CCCCOc1ccc(C(=O)NCC)c(N)c1OC. The highest BCUT2D eigenvalue weighted by atomic mass is 16.5. The largest absolute Gasteiger partial charge is 0.491 e. The Hall–Kier alpha value is -1.91. The molecular weight excluding hydrogens is 244 g/mol. The summed E-state index contributed by atoms with van der Waals surface area (Å²) < 4.78 is 10.9. The third kappa shape index (κ3) is 3.77. The molecule has 5 nitrogen and oxygen atoms in total. The van der Waals surface area contributed by atoms with Crippen LogP contribution in [-0.2, 0) is 0 Å². The molecular formula is C14H22N2O3. The van der Waals surface area contributed by atoms with Crippen LogP contribution >= 0.6 is 0 Å². The molecule has 0 heterocycles. The number of benzene rings is 1. The second-order valence-electron chi connectivity index (χ2n) is 4.12. The number of methoxy groups -OCH3 is 1. The third-order valence-electron chi connectivity index (χ3n) is 2.70. The second kappa shape index (κ2) is 7.51. The molecule has 106 valence electrons. The molecule has 3 N–H and O–H groups in total. The predicted molar refractivity (Wildman–Crippen MR) is 75.8 cm³/mol. The molecule has 0 unspecified atom stereocenters. The molecule has 0 saturated carbocycles. The van der Waals surface area contributed by atoms with Crippen molar-refractivity contribution < 1.29 is 14.3 Å². The van der Waals surface area contributed by atoms with Crippen LogP contribution in [0, 0.1) is 0 Å². The van der Waals surface area contributed by atoms with Gasteiger partial charge in [0.1, 0.15) is 0 Å². The van der Waals surface area contributed by atoms with Crippen LogP contribution in [0.3, 0.4) is 0 Å². The number of carbonyl (C=O) groups excluding carboxylic acids is 1. The van der Waals surface area contributed by atoms with Crippen LogP contribution in [-0.4, -0.2) is 26.2 Å². The van der Waals surface area contributed by atoms with Crippen LogP contribution < -0.4 is 20.5 Å². The zero-order valence-corrected chi connectivity index (χ0v) is 11.8. The molecule has 0 aliphatic rings. The monoisotopic (exact) mass is 266 g/mol. The lowest BCUT2D eigenvalue weighted by Gasteiger charge is -2.15. The second-order valence-corrected chi connectivity index (χ2v) is 4.12. The van der Waals surface area contributed by atoms with E-state index < -0.39 is 0 Å². The molecule has 0 bridgehead atoms. The lowest BCUT2D eigenvalue weighted by Crippen LogP contribution is -2.24. The van der Waals surface area contributed by atoms with Crippen LogP contribution in [0.2, 0.25) is 0 Å². The van der Waals surface area contributed by atoms with E-state index in [1.165, 1.54) is 7.11 Å². The molecule has 0 radical (unpaired) electrons. The topological polar surface area (TPSA) is 73.6 Å². The number of nitrogens with two attached hydrogens (primary N) is 1. The van der Waals surface area contributed by atoms with E-state index in [1.807, 2.05) is 6.92 Å². The van der Waals surface area contributed by atoms with Crippen molar-refractivity contribution in [3.8, 4) is 11.5 Å². The standard InChI is InChI=1S/C14H22N2O3/c1-4-6-9-19-11-8-7-10(14(17)16-5-2)12(15)13(11)18-3/h7-8H,4-6,9,15H2,1-3H3,(H,16,17). The van der Waals surface area contributed by atoms with Gasteiger partial charge < -0.3 is 20.5 Å². The number of ether oxygens (including phenoxy) is 2. The summed E-state index contributed by atoms with van der Waals surface area (Å²) in [4.78, 5) is 11.8. The highest BCUT2D eigenvalue weighted by Crippen LogP contribution is 2.35. The first-order valence-corrected chi connectivity index (χ1v) is 6.53. The summed E-state index contributed by atoms with van der Waals surface area (Å²) in [5.74, 6) is 0.778. The summed E-state index contributed by atoms with van der Waals surface area (Å²) in [7, 11) is 1.51. The Morgan fingerprint density at radius 2 is 2.11 bits per heavy atom. The fourth-order valence-electron chi connectivity index (χ4n) is 1.68. The maximum Gasteiger partial charge on any atom is 0.253 e. The minimum atomic E-state index is -0.210. The Kier molecular flexibility index (Phi) is 5.99. The Morgan fingerprint density at radius 1 is 1.37 bits per heavy atom. The molecule has 5 heteroatoms. The van der Waals surface area contributed by atoms with Crippen molar-refractivity contribution >= 4 is 11.6 Å². The predicted octanol–water partition coefficient (Wildman–Crippen LogP) is 2.21. The van der Waals surface area contributed by atoms with E-state index in [4.69, 9.17) is 15.2 Å². The first-order valence-electron chi connectivity index (χ1n) is 6.53. The van der Waals surface area contributed by atoms with Gasteiger partial charge in [-0.2, -0.15) is 0 Å². The van der Waals surface area contributed by atoms with Crippen molar-refractivity contribution in [2.45, 2.75) is 26.7 Å². The van der Waals surface area contributed by atoms with Crippen LogP contribution in [0.5, 0.6) is 11.5 Å². The molecule has 0 spiro atoms. The van der Waals surface area contributed by atoms with Crippen molar-refractivity contribution in [3.05, 3.63) is 17.7 Å². The molecule has 1 aromatic carbocycles. The average Bonchev–Trinajstić information content (AvgIpc) is 2.39. The summed E-state index contributed by atoms with van der Waals surface area (Å²) in [6.07, 6.45) is 2.01. The molecule has 0 aliphatic carbocycles. The Bertz CT molecular complexity index is 433. The maximum atomic E-state index is 11.8. The van der Waals surface area contributed by atoms with E-state index >= 15 is 0 Å². The van der Waals surface area contributed by atoms with Gasteiger partial charge in [-0.15, -0.1) is 0 Å². The van der Waals surface area contributed by atoms with Gasteiger partial charge in [0.25, 0.3) is 5.91 Å². The van der Waals surface area contributed by atoms with Gasteiger partial charge in [0.05, 0.1) is 25.0 Å². The lowest BCUT2D eigenvalue weighted by atomic mass is 10.1. The van der Waals surface area contributed by atoms with E-state index in [2.05, 4.69) is 12.2 Å². The molecule has 19 heavy (non-hydrogen) atoms. The number of rotatable bonds is 7. The third-order valence-corrected chi connectivity index (χ3v) is 2.70. The van der Waals surface area contributed by atoms with Crippen LogP contribution in [0.4, 0.5) is 5.69 Å². The van der Waals surface area contributed by atoms with Crippen LogP contribution in [0.15, 0.2) is 12.1 Å². The van der Waals surface area contributed by atoms with Crippen LogP contribution in [0.1, 0.15) is 37.0 Å². The molecule has 0 atom stereocenters. The normalized spacial score (nSPS) is 10.1. The number of carbonyl (C=O) groups is 1. The molecule has 1 amide bonds. The first kappa shape index (κ1) is 15.1. The first-order chi connectivity index (χ1) is 9.15. The summed E-state index contributed by atoms with van der Waals surface area (Å²) >= 11 is 0. The van der Waals surface area contributed by atoms with Gasteiger partial charge in [0, 0.05) is 6.54 Å². The molecule has 0 saturated heterocycles. The van der Waals surface area contributed by atoms with Crippen LogP contribution in [0.25, 0.3) is 0 Å². The molecule has 1 rings (SSSR count). The number of hydrogen-bond donors (Lipinski definition) is 2. The van der Waals surface area contributed by atoms with Gasteiger partial charge in [-0.1, -0.05) is 13.3 Å². The van der Waals surface area contributed by atoms with E-state index in [9.17, 15) is 4.79 Å². The average molecular weight is 266 g/mol. The molecule has 0 fully saturated rings. The summed E-state index contributed by atoms with van der Waals surface area (Å²) in [6, 6.07) is 3.37. The fourth-order valence-corrected chi connectivity index (χ4v) is 1.68. The molecule has 0 aromatic heterocycles. The number of anilines is 1. The smallest absolute Gasteiger partial charge is 0.253 e. The van der Waals surface area contributed by atoms with E-state index in [-0.39, 0.29) is 5.91 Å². The highest BCUT2D eigenvalue weighted by Gasteiger charge is 2.17. The minimum Gasteiger partial charge on any atom is -0.491 e. The van der Waals surface area contributed by atoms with Gasteiger partial charge >= 0.3 is 0 Å². The van der Waals surface area contributed by atoms with Gasteiger partial charge in [0.2, 0.25) is 0 Å². The minimum absolute atomic E-state index is 0.210. The van der Waals surface area contributed by atoms with E-state index in [0.717, 1.165) is 12.8 Å². The fraction of sp³-hybridized carbons (Fsp3) is 0.500. The van der Waals surface area contributed by atoms with Gasteiger partial charge in [0.15, 0.2) is 11.5 Å².